The molecule has 0 aromatic carbocycles. The summed E-state index contributed by atoms with van der Waals surface area (Å²) >= 11 is 11.7. The van der Waals surface area contributed by atoms with Crippen LogP contribution in [0.4, 0.5) is 0 Å². The van der Waals surface area contributed by atoms with Gasteiger partial charge in [-0.3, -0.25) is 0 Å². The van der Waals surface area contributed by atoms with Crippen molar-refractivity contribution < 1.29 is 9.84 Å². The molecule has 1 rings (SSSR count). The van der Waals surface area contributed by atoms with Gasteiger partial charge in [-0.05, 0) is 31.0 Å². The first-order valence-electron chi connectivity index (χ1n) is 5.66. The maximum absolute atomic E-state index is 9.07. The number of methoxy groups -OCH3 is 1. The van der Waals surface area contributed by atoms with Gasteiger partial charge < -0.3 is 15.2 Å². The van der Waals surface area contributed by atoms with Crippen LogP contribution in [0.1, 0.15) is 18.9 Å². The lowest BCUT2D eigenvalue weighted by Gasteiger charge is -2.29. The van der Waals surface area contributed by atoms with Gasteiger partial charge in [0.25, 0.3) is 0 Å². The highest BCUT2D eigenvalue weighted by molar-refractivity contribution is 6.32. The van der Waals surface area contributed by atoms with Crippen molar-refractivity contribution in [2.75, 3.05) is 20.3 Å². The molecule has 0 aliphatic rings. The Bertz CT molecular complexity index is 362. The topological polar surface area (TPSA) is 54.4 Å². The first-order chi connectivity index (χ1) is 8.49. The molecule has 6 heteroatoms. The van der Waals surface area contributed by atoms with E-state index in [1.54, 1.807) is 19.2 Å². The number of halogens is 2. The first kappa shape index (κ1) is 15.7. The maximum Gasteiger partial charge on any atom is 0.131 e. The summed E-state index contributed by atoms with van der Waals surface area (Å²) < 4.78 is 5.16. The fourth-order valence-corrected chi connectivity index (χ4v) is 2.21. The third-order valence-electron chi connectivity index (χ3n) is 2.67. The van der Waals surface area contributed by atoms with Crippen molar-refractivity contribution >= 4 is 23.2 Å². The molecule has 2 N–H and O–H groups in total. The Kier molecular flexibility index (Phi) is 6.32. The molecular weight excluding hydrogens is 275 g/mol. The number of nitrogens with one attached hydrogen (secondary N) is 1. The van der Waals surface area contributed by atoms with Crippen molar-refractivity contribution in [1.29, 1.82) is 0 Å². The number of aliphatic hydroxyl groups is 1. The molecule has 0 radical (unpaired) electrons. The fourth-order valence-electron chi connectivity index (χ4n) is 1.71. The summed E-state index contributed by atoms with van der Waals surface area (Å²) in [6.45, 7) is 3.20. The average molecular weight is 293 g/mol. The molecule has 1 aromatic rings. The number of ether oxygens (including phenoxy) is 1. The number of hydrogen-bond donors (Lipinski definition) is 2. The molecule has 0 saturated carbocycles. The smallest absolute Gasteiger partial charge is 0.131 e. The number of hydrogen-bond acceptors (Lipinski definition) is 4. The second-order valence-electron chi connectivity index (χ2n) is 4.44. The Morgan fingerprint density at radius 1 is 1.39 bits per heavy atom. The van der Waals surface area contributed by atoms with Gasteiger partial charge in [0, 0.05) is 25.8 Å². The summed E-state index contributed by atoms with van der Waals surface area (Å²) in [6, 6.07) is 3.51. The number of pyridine rings is 1. The molecule has 0 bridgehead atoms. The summed E-state index contributed by atoms with van der Waals surface area (Å²) in [4.78, 5) is 3.89. The molecular formula is C12H18Cl2N2O2. The molecule has 0 spiro atoms. The molecule has 0 aliphatic heterocycles. The lowest BCUT2D eigenvalue weighted by atomic mass is 9.99. The summed E-state index contributed by atoms with van der Waals surface area (Å²) in [6.07, 6.45) is 0.605. The molecule has 1 aromatic heterocycles. The van der Waals surface area contributed by atoms with Gasteiger partial charge >= 0.3 is 0 Å². The van der Waals surface area contributed by atoms with Gasteiger partial charge in [-0.1, -0.05) is 23.2 Å². The highest BCUT2D eigenvalue weighted by Crippen LogP contribution is 2.16. The molecule has 0 fully saturated rings. The van der Waals surface area contributed by atoms with Crippen LogP contribution in [-0.4, -0.2) is 36.0 Å². The largest absolute Gasteiger partial charge is 0.396 e. The van der Waals surface area contributed by atoms with E-state index in [0.29, 0.717) is 29.9 Å². The van der Waals surface area contributed by atoms with Gasteiger partial charge in [-0.2, -0.15) is 0 Å². The SMILES string of the molecule is COCC(C)(CCO)NCc1cc(Cl)nc(Cl)c1. The predicted molar refractivity (Wildman–Crippen MR) is 73.1 cm³/mol. The fraction of sp³-hybridized carbons (Fsp3) is 0.583. The van der Waals surface area contributed by atoms with Crippen LogP contribution in [0.25, 0.3) is 0 Å². The van der Waals surface area contributed by atoms with Crippen LogP contribution in [0, 0.1) is 0 Å². The molecule has 102 valence electrons. The third-order valence-corrected chi connectivity index (χ3v) is 3.06. The van der Waals surface area contributed by atoms with E-state index in [4.69, 9.17) is 33.0 Å². The molecule has 1 atom stereocenters. The first-order valence-corrected chi connectivity index (χ1v) is 6.41. The molecule has 1 unspecified atom stereocenters. The lowest BCUT2D eigenvalue weighted by Crippen LogP contribution is -2.46. The van der Waals surface area contributed by atoms with Crippen LogP contribution < -0.4 is 5.32 Å². The van der Waals surface area contributed by atoms with Gasteiger partial charge in [-0.15, -0.1) is 0 Å². The van der Waals surface area contributed by atoms with E-state index in [0.717, 1.165) is 5.56 Å². The molecule has 18 heavy (non-hydrogen) atoms. The van der Waals surface area contributed by atoms with E-state index >= 15 is 0 Å². The van der Waals surface area contributed by atoms with E-state index in [1.165, 1.54) is 0 Å². The maximum atomic E-state index is 9.07. The zero-order valence-corrected chi connectivity index (χ0v) is 12.1. The molecule has 0 saturated heterocycles. The van der Waals surface area contributed by atoms with Crippen LogP contribution >= 0.6 is 23.2 Å². The van der Waals surface area contributed by atoms with E-state index in [1.807, 2.05) is 6.92 Å². The third kappa shape index (κ3) is 5.08. The normalized spacial score (nSPS) is 14.5. The minimum atomic E-state index is -0.286. The molecule has 4 nitrogen and oxygen atoms in total. The Hall–Kier alpha value is -0.390. The van der Waals surface area contributed by atoms with Crippen molar-refractivity contribution in [1.82, 2.24) is 10.3 Å². The molecule has 0 aliphatic carbocycles. The number of aromatic nitrogens is 1. The highest BCUT2D eigenvalue weighted by Gasteiger charge is 2.22. The number of aliphatic hydroxyl groups excluding tert-OH is 1. The molecule has 1 heterocycles. The van der Waals surface area contributed by atoms with Crippen LogP contribution in [0.5, 0.6) is 0 Å². The lowest BCUT2D eigenvalue weighted by molar-refractivity contribution is 0.0969. The zero-order chi connectivity index (χ0) is 13.6. The Balaban J connectivity index is 2.66. The van der Waals surface area contributed by atoms with Crippen LogP contribution in [0.15, 0.2) is 12.1 Å². The van der Waals surface area contributed by atoms with Crippen LogP contribution in [0.3, 0.4) is 0 Å². The van der Waals surface area contributed by atoms with Crippen molar-refractivity contribution in [2.45, 2.75) is 25.4 Å². The van der Waals surface area contributed by atoms with E-state index < -0.39 is 0 Å². The van der Waals surface area contributed by atoms with Crippen LogP contribution in [0.2, 0.25) is 10.3 Å². The van der Waals surface area contributed by atoms with Gasteiger partial charge in [0.15, 0.2) is 0 Å². The summed E-state index contributed by atoms with van der Waals surface area (Å²) in [5.41, 5.74) is 0.659. The standard InChI is InChI=1S/C12H18Cl2N2O2/c1-12(3-4-17,8-18-2)15-7-9-5-10(13)16-11(14)6-9/h5-6,15,17H,3-4,7-8H2,1-2H3. The van der Waals surface area contributed by atoms with E-state index in [9.17, 15) is 0 Å². The predicted octanol–water partition coefficient (Wildman–Crippen LogP) is 2.27. The Morgan fingerprint density at radius 2 is 2.00 bits per heavy atom. The minimum Gasteiger partial charge on any atom is -0.396 e. The molecule has 0 amide bonds. The van der Waals surface area contributed by atoms with Gasteiger partial charge in [0.05, 0.1) is 6.61 Å². The van der Waals surface area contributed by atoms with E-state index in [-0.39, 0.29) is 12.1 Å². The summed E-state index contributed by atoms with van der Waals surface area (Å²) in [5.74, 6) is 0. The minimum absolute atomic E-state index is 0.102. The van der Waals surface area contributed by atoms with E-state index in [2.05, 4.69) is 10.3 Å². The van der Waals surface area contributed by atoms with Crippen molar-refractivity contribution in [2.24, 2.45) is 0 Å². The second kappa shape index (κ2) is 7.26. The Morgan fingerprint density at radius 3 is 2.50 bits per heavy atom. The summed E-state index contributed by atoms with van der Waals surface area (Å²) in [7, 11) is 1.64. The Labute approximate surface area is 117 Å². The van der Waals surface area contributed by atoms with Crippen LogP contribution in [-0.2, 0) is 11.3 Å². The van der Waals surface area contributed by atoms with Crippen molar-refractivity contribution in [3.63, 3.8) is 0 Å². The van der Waals surface area contributed by atoms with Gasteiger partial charge in [0.2, 0.25) is 0 Å². The second-order valence-corrected chi connectivity index (χ2v) is 5.22. The average Bonchev–Trinajstić information content (AvgIpc) is 2.26. The zero-order valence-electron chi connectivity index (χ0n) is 10.5. The summed E-state index contributed by atoms with van der Waals surface area (Å²) in [5, 5.41) is 13.1. The van der Waals surface area contributed by atoms with Gasteiger partial charge in [-0.25, -0.2) is 4.98 Å². The highest BCUT2D eigenvalue weighted by atomic mass is 35.5. The number of rotatable bonds is 7. The monoisotopic (exact) mass is 292 g/mol. The number of nitrogens with zero attached hydrogens (tertiary/aromatic N) is 1. The van der Waals surface area contributed by atoms with Crippen molar-refractivity contribution in [3.05, 3.63) is 28.0 Å². The quantitative estimate of drug-likeness (QED) is 0.757. The van der Waals surface area contributed by atoms with Crippen molar-refractivity contribution in [3.8, 4) is 0 Å². The van der Waals surface area contributed by atoms with Gasteiger partial charge in [0.1, 0.15) is 10.3 Å².